The lowest BCUT2D eigenvalue weighted by Crippen LogP contribution is -2.35. The largest absolute Gasteiger partial charge is 0.352 e. The van der Waals surface area contributed by atoms with E-state index >= 15 is 0 Å². The Bertz CT molecular complexity index is 415. The van der Waals surface area contributed by atoms with Gasteiger partial charge >= 0.3 is 0 Å². The zero-order chi connectivity index (χ0) is 11.5. The van der Waals surface area contributed by atoms with E-state index in [2.05, 4.69) is 15.2 Å². The number of halogens is 1. The van der Waals surface area contributed by atoms with Crippen molar-refractivity contribution in [2.75, 3.05) is 20.1 Å². The molecular weight excluding hydrogens is 205 g/mol. The number of hydrogen-bond donors (Lipinski definition) is 1. The average Bonchev–Trinajstić information content (AvgIpc) is 2.66. The minimum absolute atomic E-state index is 0.152. The molecule has 86 valence electrons. The van der Waals surface area contributed by atoms with Crippen molar-refractivity contribution in [2.24, 2.45) is 4.99 Å². The van der Waals surface area contributed by atoms with Crippen molar-refractivity contribution in [1.29, 1.82) is 0 Å². The molecule has 0 fully saturated rings. The van der Waals surface area contributed by atoms with Crippen LogP contribution in [0.1, 0.15) is 11.1 Å². The maximum Gasteiger partial charge on any atom is 0.194 e. The molecule has 1 aromatic rings. The van der Waals surface area contributed by atoms with Crippen molar-refractivity contribution in [2.45, 2.75) is 13.5 Å². The number of aliphatic imine (C=N–C) groups is 1. The highest BCUT2D eigenvalue weighted by Gasteiger charge is 2.11. The molecule has 0 saturated carbocycles. The Morgan fingerprint density at radius 2 is 2.31 bits per heavy atom. The lowest BCUT2D eigenvalue weighted by Gasteiger charge is -2.15. The van der Waals surface area contributed by atoms with Gasteiger partial charge < -0.3 is 10.2 Å². The molecule has 0 bridgehead atoms. The molecule has 0 aliphatic carbocycles. The number of rotatable bonds is 2. The fourth-order valence-electron chi connectivity index (χ4n) is 1.65. The first-order valence-electron chi connectivity index (χ1n) is 5.41. The number of aryl methyl sites for hydroxylation is 1. The van der Waals surface area contributed by atoms with Gasteiger partial charge in [0.25, 0.3) is 0 Å². The van der Waals surface area contributed by atoms with Gasteiger partial charge in [0, 0.05) is 20.1 Å². The summed E-state index contributed by atoms with van der Waals surface area (Å²) in [4.78, 5) is 6.37. The molecule has 0 aromatic heterocycles. The van der Waals surface area contributed by atoms with E-state index in [0.717, 1.165) is 24.6 Å². The van der Waals surface area contributed by atoms with E-state index in [1.807, 2.05) is 13.1 Å². The third kappa shape index (κ3) is 2.32. The van der Waals surface area contributed by atoms with Gasteiger partial charge in [0.2, 0.25) is 0 Å². The molecule has 1 aliphatic rings. The minimum atomic E-state index is -0.152. The summed E-state index contributed by atoms with van der Waals surface area (Å²) in [5.41, 5.74) is 1.62. The summed E-state index contributed by atoms with van der Waals surface area (Å²) in [7, 11) is 1.99. The lowest BCUT2D eigenvalue weighted by atomic mass is 10.1. The first kappa shape index (κ1) is 10.9. The molecule has 0 radical (unpaired) electrons. The van der Waals surface area contributed by atoms with Crippen molar-refractivity contribution < 1.29 is 4.39 Å². The van der Waals surface area contributed by atoms with Gasteiger partial charge in [-0.1, -0.05) is 12.1 Å². The summed E-state index contributed by atoms with van der Waals surface area (Å²) in [6.45, 7) is 4.16. The number of nitrogens with one attached hydrogen (secondary N) is 1. The predicted molar refractivity (Wildman–Crippen MR) is 62.9 cm³/mol. The van der Waals surface area contributed by atoms with Crippen LogP contribution >= 0.6 is 0 Å². The fourth-order valence-corrected chi connectivity index (χ4v) is 1.65. The van der Waals surface area contributed by atoms with Crippen LogP contribution in [0.5, 0.6) is 0 Å². The summed E-state index contributed by atoms with van der Waals surface area (Å²) in [5.74, 6) is 0.738. The van der Waals surface area contributed by atoms with Crippen LogP contribution in [0.4, 0.5) is 4.39 Å². The fraction of sp³-hybridized carbons (Fsp3) is 0.417. The Morgan fingerprint density at radius 3 is 2.94 bits per heavy atom. The molecule has 1 N–H and O–H groups in total. The average molecular weight is 221 g/mol. The second kappa shape index (κ2) is 4.51. The molecule has 0 unspecified atom stereocenters. The maximum absolute atomic E-state index is 13.3. The second-order valence-electron chi connectivity index (χ2n) is 4.06. The number of benzene rings is 1. The molecule has 0 atom stereocenters. The van der Waals surface area contributed by atoms with Crippen LogP contribution in [0.25, 0.3) is 0 Å². The molecule has 1 aliphatic heterocycles. The normalized spacial score (nSPS) is 15.2. The number of guanidine groups is 1. The molecule has 2 rings (SSSR count). The number of likely N-dealkylation sites (N-methyl/N-ethyl adjacent to an activating group) is 1. The summed E-state index contributed by atoms with van der Waals surface area (Å²) in [6.07, 6.45) is 0. The first-order chi connectivity index (χ1) is 7.66. The summed E-state index contributed by atoms with van der Waals surface area (Å²) < 4.78 is 13.3. The summed E-state index contributed by atoms with van der Waals surface area (Å²) >= 11 is 0. The van der Waals surface area contributed by atoms with Crippen molar-refractivity contribution >= 4 is 5.96 Å². The standard InChI is InChI=1S/C12H16FN3/c1-9-3-4-10(7-11(9)13)8-15-12-14-5-6-16(12)2/h3-4,7H,5-6,8H2,1-2H3,(H,14,15). The van der Waals surface area contributed by atoms with Crippen LogP contribution in [0.15, 0.2) is 23.2 Å². The van der Waals surface area contributed by atoms with Crippen molar-refractivity contribution in [3.05, 3.63) is 35.1 Å². The molecule has 0 amide bonds. The van der Waals surface area contributed by atoms with Gasteiger partial charge in [-0.3, -0.25) is 4.99 Å². The molecule has 1 aromatic carbocycles. The topological polar surface area (TPSA) is 27.6 Å². The molecule has 3 nitrogen and oxygen atoms in total. The summed E-state index contributed by atoms with van der Waals surface area (Å²) in [5, 5.41) is 3.20. The van der Waals surface area contributed by atoms with E-state index in [1.54, 1.807) is 19.1 Å². The Labute approximate surface area is 95.0 Å². The van der Waals surface area contributed by atoms with E-state index in [0.29, 0.717) is 12.1 Å². The van der Waals surface area contributed by atoms with E-state index in [4.69, 9.17) is 0 Å². The molecule has 4 heteroatoms. The third-order valence-corrected chi connectivity index (χ3v) is 2.75. The quantitative estimate of drug-likeness (QED) is 0.820. The lowest BCUT2D eigenvalue weighted by molar-refractivity contribution is 0.533. The van der Waals surface area contributed by atoms with Gasteiger partial charge in [-0.05, 0) is 24.1 Å². The van der Waals surface area contributed by atoms with Crippen molar-refractivity contribution in [3.8, 4) is 0 Å². The highest BCUT2D eigenvalue weighted by atomic mass is 19.1. The van der Waals surface area contributed by atoms with Crippen LogP contribution < -0.4 is 5.32 Å². The SMILES string of the molecule is Cc1ccc(CNC2=NCCN2C)cc1F. The molecule has 0 saturated heterocycles. The van der Waals surface area contributed by atoms with Gasteiger partial charge in [0.05, 0.1) is 6.54 Å². The van der Waals surface area contributed by atoms with Gasteiger partial charge in [-0.15, -0.1) is 0 Å². The van der Waals surface area contributed by atoms with Gasteiger partial charge in [-0.25, -0.2) is 4.39 Å². The minimum Gasteiger partial charge on any atom is -0.352 e. The van der Waals surface area contributed by atoms with Crippen molar-refractivity contribution in [3.63, 3.8) is 0 Å². The maximum atomic E-state index is 13.3. The molecule has 16 heavy (non-hydrogen) atoms. The second-order valence-corrected chi connectivity index (χ2v) is 4.06. The number of nitrogens with zero attached hydrogens (tertiary/aromatic N) is 2. The predicted octanol–water partition coefficient (Wildman–Crippen LogP) is 1.53. The van der Waals surface area contributed by atoms with Gasteiger partial charge in [0.1, 0.15) is 5.82 Å². The van der Waals surface area contributed by atoms with Crippen molar-refractivity contribution in [1.82, 2.24) is 10.2 Å². The molecular formula is C12H16FN3. The van der Waals surface area contributed by atoms with Crippen LogP contribution in [0.3, 0.4) is 0 Å². The molecule has 0 spiro atoms. The molecule has 1 heterocycles. The Balaban J connectivity index is 1.97. The first-order valence-corrected chi connectivity index (χ1v) is 5.41. The Kier molecular flexibility index (Phi) is 3.08. The summed E-state index contributed by atoms with van der Waals surface area (Å²) in [6, 6.07) is 5.30. The van der Waals surface area contributed by atoms with E-state index in [1.165, 1.54) is 0 Å². The van der Waals surface area contributed by atoms with E-state index in [9.17, 15) is 4.39 Å². The third-order valence-electron chi connectivity index (χ3n) is 2.75. The number of hydrogen-bond acceptors (Lipinski definition) is 3. The zero-order valence-corrected chi connectivity index (χ0v) is 9.63. The smallest absolute Gasteiger partial charge is 0.194 e. The van der Waals surface area contributed by atoms with Crippen LogP contribution in [0.2, 0.25) is 0 Å². The Morgan fingerprint density at radius 1 is 1.50 bits per heavy atom. The highest BCUT2D eigenvalue weighted by Crippen LogP contribution is 2.09. The van der Waals surface area contributed by atoms with Crippen LogP contribution in [0, 0.1) is 12.7 Å². The highest BCUT2D eigenvalue weighted by molar-refractivity contribution is 5.81. The van der Waals surface area contributed by atoms with E-state index < -0.39 is 0 Å². The Hall–Kier alpha value is -1.58. The van der Waals surface area contributed by atoms with Crippen LogP contribution in [-0.2, 0) is 6.54 Å². The van der Waals surface area contributed by atoms with E-state index in [-0.39, 0.29) is 5.82 Å². The monoisotopic (exact) mass is 221 g/mol. The van der Waals surface area contributed by atoms with Gasteiger partial charge in [-0.2, -0.15) is 0 Å². The van der Waals surface area contributed by atoms with Crippen LogP contribution in [-0.4, -0.2) is 31.0 Å². The van der Waals surface area contributed by atoms with Gasteiger partial charge in [0.15, 0.2) is 5.96 Å². The zero-order valence-electron chi connectivity index (χ0n) is 9.63.